The number of aryl methyl sites for hydroxylation is 1. The van der Waals surface area contributed by atoms with Crippen molar-refractivity contribution >= 4 is 16.9 Å². The Balaban J connectivity index is 2.34. The van der Waals surface area contributed by atoms with E-state index in [2.05, 4.69) is 20.4 Å². The Morgan fingerprint density at radius 1 is 1.53 bits per heavy atom. The Hall–Kier alpha value is -1.69. The third-order valence-electron chi connectivity index (χ3n) is 2.01. The number of rotatable bonds is 3. The molecule has 0 amide bonds. The molecule has 0 saturated carbocycles. The van der Waals surface area contributed by atoms with Crippen molar-refractivity contribution < 1.29 is 4.52 Å². The van der Waals surface area contributed by atoms with Crippen molar-refractivity contribution in [3.63, 3.8) is 0 Å². The van der Waals surface area contributed by atoms with E-state index < -0.39 is 0 Å². The number of hydrogen-bond donors (Lipinski definition) is 2. The van der Waals surface area contributed by atoms with Crippen LogP contribution in [0.25, 0.3) is 11.1 Å². The molecule has 0 aliphatic heterocycles. The average Bonchev–Trinajstić information content (AvgIpc) is 2.58. The zero-order chi connectivity index (χ0) is 10.8. The highest BCUT2D eigenvalue weighted by atomic mass is 16.5. The molecule has 1 unspecified atom stereocenters. The van der Waals surface area contributed by atoms with E-state index in [1.165, 1.54) is 6.33 Å². The monoisotopic (exact) mass is 207 g/mol. The zero-order valence-electron chi connectivity index (χ0n) is 8.69. The quantitative estimate of drug-likeness (QED) is 0.769. The van der Waals surface area contributed by atoms with E-state index in [4.69, 9.17) is 10.3 Å². The molecular weight excluding hydrogens is 194 g/mol. The number of aromatic nitrogens is 3. The van der Waals surface area contributed by atoms with Gasteiger partial charge in [0.25, 0.3) is 0 Å². The maximum absolute atomic E-state index is 5.64. The van der Waals surface area contributed by atoms with Crippen molar-refractivity contribution in [2.24, 2.45) is 5.73 Å². The summed E-state index contributed by atoms with van der Waals surface area (Å²) in [6.07, 6.45) is 1.48. The van der Waals surface area contributed by atoms with Crippen LogP contribution < -0.4 is 11.1 Å². The molecule has 2 aromatic heterocycles. The first-order valence-corrected chi connectivity index (χ1v) is 4.75. The molecule has 6 nitrogen and oxygen atoms in total. The number of nitrogens with zero attached hydrogens (tertiary/aromatic N) is 3. The lowest BCUT2D eigenvalue weighted by atomic mass is 10.3. The van der Waals surface area contributed by atoms with E-state index in [0.29, 0.717) is 17.9 Å². The second-order valence-corrected chi connectivity index (χ2v) is 3.53. The summed E-state index contributed by atoms with van der Waals surface area (Å²) >= 11 is 0. The van der Waals surface area contributed by atoms with Gasteiger partial charge in [-0.3, -0.25) is 0 Å². The fraction of sp³-hybridized carbons (Fsp3) is 0.444. The first kappa shape index (κ1) is 9.85. The van der Waals surface area contributed by atoms with Gasteiger partial charge < -0.3 is 15.6 Å². The highest BCUT2D eigenvalue weighted by Crippen LogP contribution is 2.20. The van der Waals surface area contributed by atoms with Gasteiger partial charge in [-0.1, -0.05) is 5.16 Å². The predicted octanol–water partition coefficient (Wildman–Crippen LogP) is 0.685. The first-order chi connectivity index (χ1) is 7.18. The highest BCUT2D eigenvalue weighted by molar-refractivity contribution is 5.84. The lowest BCUT2D eigenvalue weighted by Gasteiger charge is -2.07. The van der Waals surface area contributed by atoms with Crippen LogP contribution >= 0.6 is 0 Å². The number of anilines is 1. The molecule has 0 fully saturated rings. The maximum Gasteiger partial charge on any atom is 0.227 e. The second kappa shape index (κ2) is 3.82. The zero-order valence-corrected chi connectivity index (χ0v) is 8.69. The highest BCUT2D eigenvalue weighted by Gasteiger charge is 2.11. The molecule has 3 N–H and O–H groups in total. The number of fused-ring (bicyclic) bond motifs is 1. The molecule has 0 radical (unpaired) electrons. The van der Waals surface area contributed by atoms with Crippen LogP contribution in [0.4, 0.5) is 5.82 Å². The summed E-state index contributed by atoms with van der Waals surface area (Å²) in [4.78, 5) is 8.17. The summed E-state index contributed by atoms with van der Waals surface area (Å²) in [6, 6.07) is 0.0547. The number of nitrogens with two attached hydrogens (primary N) is 1. The molecule has 1 atom stereocenters. The van der Waals surface area contributed by atoms with E-state index in [1.807, 2.05) is 13.8 Å². The summed E-state index contributed by atoms with van der Waals surface area (Å²) < 4.78 is 5.13. The molecule has 0 spiro atoms. The SMILES string of the molecule is Cc1noc2c(NCC(C)N)ncnc12. The Bertz CT molecular complexity index is 464. The molecule has 0 aliphatic rings. The van der Waals surface area contributed by atoms with Crippen molar-refractivity contribution in [1.82, 2.24) is 15.1 Å². The molecule has 15 heavy (non-hydrogen) atoms. The van der Waals surface area contributed by atoms with E-state index in [-0.39, 0.29) is 6.04 Å². The largest absolute Gasteiger partial charge is 0.365 e. The van der Waals surface area contributed by atoms with Gasteiger partial charge in [-0.2, -0.15) is 0 Å². The van der Waals surface area contributed by atoms with Crippen LogP contribution in [0.15, 0.2) is 10.9 Å². The minimum atomic E-state index is 0.0547. The van der Waals surface area contributed by atoms with Gasteiger partial charge in [0.1, 0.15) is 17.5 Å². The topological polar surface area (TPSA) is 89.9 Å². The van der Waals surface area contributed by atoms with Gasteiger partial charge in [0.05, 0.1) is 0 Å². The predicted molar refractivity (Wildman–Crippen MR) is 56.5 cm³/mol. The number of nitrogens with one attached hydrogen (secondary N) is 1. The Labute approximate surface area is 86.9 Å². The lowest BCUT2D eigenvalue weighted by Crippen LogP contribution is -2.25. The van der Waals surface area contributed by atoms with Gasteiger partial charge in [0, 0.05) is 12.6 Å². The van der Waals surface area contributed by atoms with Crippen LogP contribution in [-0.2, 0) is 0 Å². The van der Waals surface area contributed by atoms with E-state index in [9.17, 15) is 0 Å². The Morgan fingerprint density at radius 3 is 3.07 bits per heavy atom. The van der Waals surface area contributed by atoms with Crippen LogP contribution in [0.1, 0.15) is 12.6 Å². The van der Waals surface area contributed by atoms with Crippen molar-refractivity contribution in [2.75, 3.05) is 11.9 Å². The molecule has 0 aromatic carbocycles. The summed E-state index contributed by atoms with van der Waals surface area (Å²) in [7, 11) is 0. The summed E-state index contributed by atoms with van der Waals surface area (Å²) in [5.41, 5.74) is 7.71. The van der Waals surface area contributed by atoms with Crippen molar-refractivity contribution in [2.45, 2.75) is 19.9 Å². The van der Waals surface area contributed by atoms with Gasteiger partial charge in [0.15, 0.2) is 5.82 Å². The molecular formula is C9H13N5O. The summed E-state index contributed by atoms with van der Waals surface area (Å²) in [5.74, 6) is 0.637. The first-order valence-electron chi connectivity index (χ1n) is 4.75. The minimum absolute atomic E-state index is 0.0547. The smallest absolute Gasteiger partial charge is 0.227 e. The molecule has 2 heterocycles. The van der Waals surface area contributed by atoms with Gasteiger partial charge in [-0.15, -0.1) is 0 Å². The maximum atomic E-state index is 5.64. The third-order valence-corrected chi connectivity index (χ3v) is 2.01. The molecule has 6 heteroatoms. The van der Waals surface area contributed by atoms with Gasteiger partial charge in [0.2, 0.25) is 5.58 Å². The van der Waals surface area contributed by atoms with Crippen LogP contribution in [0.5, 0.6) is 0 Å². The number of hydrogen-bond acceptors (Lipinski definition) is 6. The fourth-order valence-electron chi connectivity index (χ4n) is 1.26. The van der Waals surface area contributed by atoms with Crippen LogP contribution in [-0.4, -0.2) is 27.7 Å². The van der Waals surface area contributed by atoms with E-state index in [0.717, 1.165) is 11.2 Å². The molecule has 0 aliphatic carbocycles. The summed E-state index contributed by atoms with van der Waals surface area (Å²) in [6.45, 7) is 4.39. The molecule has 2 aromatic rings. The summed E-state index contributed by atoms with van der Waals surface area (Å²) in [5, 5.41) is 6.93. The third kappa shape index (κ3) is 1.89. The molecule has 80 valence electrons. The van der Waals surface area contributed by atoms with Crippen LogP contribution in [0, 0.1) is 6.92 Å². The Morgan fingerprint density at radius 2 is 2.33 bits per heavy atom. The van der Waals surface area contributed by atoms with Gasteiger partial charge in [-0.25, -0.2) is 9.97 Å². The van der Waals surface area contributed by atoms with Crippen LogP contribution in [0.3, 0.4) is 0 Å². The van der Waals surface area contributed by atoms with Crippen molar-refractivity contribution in [3.05, 3.63) is 12.0 Å². The average molecular weight is 207 g/mol. The Kier molecular flexibility index (Phi) is 2.51. The van der Waals surface area contributed by atoms with Crippen LogP contribution in [0.2, 0.25) is 0 Å². The van der Waals surface area contributed by atoms with Crippen molar-refractivity contribution in [3.8, 4) is 0 Å². The standard InChI is InChI=1S/C9H13N5O/c1-5(10)3-11-9-8-7(12-4-13-9)6(2)14-15-8/h4-5H,3,10H2,1-2H3,(H,11,12,13). The molecule has 2 rings (SSSR count). The lowest BCUT2D eigenvalue weighted by molar-refractivity contribution is 0.450. The second-order valence-electron chi connectivity index (χ2n) is 3.53. The minimum Gasteiger partial charge on any atom is -0.365 e. The molecule has 0 saturated heterocycles. The van der Waals surface area contributed by atoms with Gasteiger partial charge in [-0.05, 0) is 13.8 Å². The molecule has 0 bridgehead atoms. The van der Waals surface area contributed by atoms with E-state index in [1.54, 1.807) is 0 Å². The fourth-order valence-corrected chi connectivity index (χ4v) is 1.26. The van der Waals surface area contributed by atoms with Crippen molar-refractivity contribution in [1.29, 1.82) is 0 Å². The van der Waals surface area contributed by atoms with E-state index >= 15 is 0 Å². The normalized spacial score (nSPS) is 13.0. The van der Waals surface area contributed by atoms with Gasteiger partial charge >= 0.3 is 0 Å².